The highest BCUT2D eigenvalue weighted by atomic mass is 79.9. The summed E-state index contributed by atoms with van der Waals surface area (Å²) < 4.78 is 12.6. The monoisotopic (exact) mass is 425 g/mol. The van der Waals surface area contributed by atoms with Crippen molar-refractivity contribution in [3.8, 4) is 11.5 Å². The van der Waals surface area contributed by atoms with Crippen LogP contribution in [0.2, 0.25) is 0 Å². The van der Waals surface area contributed by atoms with Gasteiger partial charge in [0.05, 0.1) is 7.11 Å². The normalized spacial score (nSPS) is 10.5. The molecule has 140 valence electrons. The van der Waals surface area contributed by atoms with E-state index in [0.29, 0.717) is 6.61 Å². The number of ether oxygens (including phenoxy) is 2. The number of anilines is 1. The molecule has 3 aromatic rings. The van der Waals surface area contributed by atoms with Crippen molar-refractivity contribution in [2.45, 2.75) is 27.0 Å². The summed E-state index contributed by atoms with van der Waals surface area (Å²) in [7, 11) is 1.67. The Kier molecular flexibility index (Phi) is 6.40. The Morgan fingerprint density at radius 1 is 0.852 bits per heavy atom. The number of rotatable bonds is 7. The van der Waals surface area contributed by atoms with Crippen LogP contribution in [-0.4, -0.2) is 7.11 Å². The second-order valence-corrected chi connectivity index (χ2v) is 7.49. The predicted molar refractivity (Wildman–Crippen MR) is 115 cm³/mol. The minimum Gasteiger partial charge on any atom is -0.493 e. The summed E-state index contributed by atoms with van der Waals surface area (Å²) in [4.78, 5) is 0. The number of nitrogens with one attached hydrogen (secondary N) is 1. The van der Waals surface area contributed by atoms with Gasteiger partial charge in [0.15, 0.2) is 11.5 Å². The van der Waals surface area contributed by atoms with Gasteiger partial charge in [0.25, 0.3) is 0 Å². The lowest BCUT2D eigenvalue weighted by molar-refractivity contribution is 0.284. The maximum Gasteiger partial charge on any atom is 0.161 e. The largest absolute Gasteiger partial charge is 0.493 e. The fourth-order valence-corrected chi connectivity index (χ4v) is 3.28. The number of aryl methyl sites for hydroxylation is 2. The number of hydrogen-bond acceptors (Lipinski definition) is 3. The van der Waals surface area contributed by atoms with E-state index >= 15 is 0 Å². The van der Waals surface area contributed by atoms with Crippen LogP contribution in [0.3, 0.4) is 0 Å². The minimum atomic E-state index is 0.520. The topological polar surface area (TPSA) is 30.5 Å². The van der Waals surface area contributed by atoms with Crippen molar-refractivity contribution in [1.82, 2.24) is 0 Å². The van der Waals surface area contributed by atoms with Gasteiger partial charge in [-0.1, -0.05) is 51.8 Å². The Morgan fingerprint density at radius 3 is 2.30 bits per heavy atom. The Labute approximate surface area is 169 Å². The molecule has 0 amide bonds. The zero-order valence-corrected chi connectivity index (χ0v) is 17.5. The maximum absolute atomic E-state index is 5.95. The average molecular weight is 426 g/mol. The van der Waals surface area contributed by atoms with Gasteiger partial charge in [-0.05, 0) is 60.9 Å². The van der Waals surface area contributed by atoms with Crippen molar-refractivity contribution in [3.05, 3.63) is 87.4 Å². The highest BCUT2D eigenvalue weighted by Gasteiger charge is 2.07. The lowest BCUT2D eigenvalue weighted by Crippen LogP contribution is -2.03. The molecule has 0 radical (unpaired) electrons. The van der Waals surface area contributed by atoms with Crippen LogP contribution in [0.15, 0.2) is 65.1 Å². The van der Waals surface area contributed by atoms with Crippen molar-refractivity contribution in [2.75, 3.05) is 12.4 Å². The summed E-state index contributed by atoms with van der Waals surface area (Å²) in [6, 6.07) is 20.6. The Bertz CT molecular complexity index is 907. The van der Waals surface area contributed by atoms with Crippen molar-refractivity contribution in [2.24, 2.45) is 0 Å². The van der Waals surface area contributed by atoms with E-state index in [1.807, 2.05) is 18.2 Å². The molecule has 0 aromatic heterocycles. The van der Waals surface area contributed by atoms with Crippen LogP contribution in [-0.2, 0) is 13.2 Å². The van der Waals surface area contributed by atoms with E-state index in [1.54, 1.807) is 7.11 Å². The molecule has 0 saturated heterocycles. The lowest BCUT2D eigenvalue weighted by atomic mass is 10.1. The molecule has 0 atom stereocenters. The molecule has 0 bridgehead atoms. The second-order valence-electron chi connectivity index (χ2n) is 6.57. The van der Waals surface area contributed by atoms with Gasteiger partial charge < -0.3 is 14.8 Å². The first-order chi connectivity index (χ1) is 13.0. The molecule has 4 heteroatoms. The molecule has 0 aliphatic heterocycles. The van der Waals surface area contributed by atoms with Crippen LogP contribution in [0.25, 0.3) is 0 Å². The van der Waals surface area contributed by atoms with Crippen LogP contribution in [0, 0.1) is 13.8 Å². The summed E-state index contributed by atoms with van der Waals surface area (Å²) in [5, 5.41) is 3.47. The highest BCUT2D eigenvalue weighted by Crippen LogP contribution is 2.29. The van der Waals surface area contributed by atoms with Crippen LogP contribution < -0.4 is 14.8 Å². The van der Waals surface area contributed by atoms with Crippen LogP contribution >= 0.6 is 15.9 Å². The number of methoxy groups -OCH3 is 1. The molecule has 1 N–H and O–H groups in total. The van der Waals surface area contributed by atoms with Gasteiger partial charge in [0.2, 0.25) is 0 Å². The van der Waals surface area contributed by atoms with E-state index in [4.69, 9.17) is 9.47 Å². The summed E-state index contributed by atoms with van der Waals surface area (Å²) in [5.74, 6) is 1.50. The summed E-state index contributed by atoms with van der Waals surface area (Å²) in [6.07, 6.45) is 0. The molecule has 0 heterocycles. The highest BCUT2D eigenvalue weighted by molar-refractivity contribution is 9.10. The third-order valence-corrected chi connectivity index (χ3v) is 4.91. The van der Waals surface area contributed by atoms with Gasteiger partial charge in [-0.15, -0.1) is 0 Å². The van der Waals surface area contributed by atoms with Crippen molar-refractivity contribution in [3.63, 3.8) is 0 Å². The Morgan fingerprint density at radius 2 is 1.59 bits per heavy atom. The minimum absolute atomic E-state index is 0.520. The number of hydrogen-bond donors (Lipinski definition) is 1. The van der Waals surface area contributed by atoms with Gasteiger partial charge >= 0.3 is 0 Å². The molecule has 0 fully saturated rings. The van der Waals surface area contributed by atoms with E-state index in [0.717, 1.165) is 39.3 Å². The van der Waals surface area contributed by atoms with E-state index in [2.05, 4.69) is 77.6 Å². The third kappa shape index (κ3) is 5.27. The summed E-state index contributed by atoms with van der Waals surface area (Å²) in [5.41, 5.74) is 5.84. The molecule has 3 nitrogen and oxygen atoms in total. The molecule has 3 aromatic carbocycles. The standard InChI is InChI=1S/C23H24BrNO2/c1-16-4-6-18(7-5-16)15-27-22-11-8-19(13-23(22)26-3)14-25-21-10-9-20(24)12-17(21)2/h4-13,25H,14-15H2,1-3H3. The molecule has 27 heavy (non-hydrogen) atoms. The lowest BCUT2D eigenvalue weighted by Gasteiger charge is -2.14. The molecular weight excluding hydrogens is 402 g/mol. The van der Waals surface area contributed by atoms with Crippen LogP contribution in [0.1, 0.15) is 22.3 Å². The molecule has 0 saturated carbocycles. The summed E-state index contributed by atoms with van der Waals surface area (Å²) in [6.45, 7) is 5.41. The quantitative estimate of drug-likeness (QED) is 0.483. The van der Waals surface area contributed by atoms with E-state index in [1.165, 1.54) is 11.1 Å². The van der Waals surface area contributed by atoms with Crippen molar-refractivity contribution in [1.29, 1.82) is 0 Å². The van der Waals surface area contributed by atoms with Crippen LogP contribution in [0.5, 0.6) is 11.5 Å². The molecule has 0 aliphatic rings. The predicted octanol–water partition coefficient (Wildman–Crippen LogP) is 6.27. The third-order valence-electron chi connectivity index (χ3n) is 4.41. The maximum atomic E-state index is 5.95. The van der Waals surface area contributed by atoms with Gasteiger partial charge in [-0.2, -0.15) is 0 Å². The van der Waals surface area contributed by atoms with E-state index in [-0.39, 0.29) is 0 Å². The van der Waals surface area contributed by atoms with E-state index < -0.39 is 0 Å². The number of halogens is 1. The van der Waals surface area contributed by atoms with E-state index in [9.17, 15) is 0 Å². The number of benzene rings is 3. The first kappa shape index (κ1) is 19.3. The van der Waals surface area contributed by atoms with Crippen LogP contribution in [0.4, 0.5) is 5.69 Å². The molecule has 0 spiro atoms. The molecule has 0 aliphatic carbocycles. The Balaban J connectivity index is 1.65. The molecular formula is C23H24BrNO2. The molecule has 0 unspecified atom stereocenters. The van der Waals surface area contributed by atoms with Gasteiger partial charge in [0, 0.05) is 16.7 Å². The first-order valence-corrected chi connectivity index (χ1v) is 9.70. The first-order valence-electron chi connectivity index (χ1n) is 8.90. The Hall–Kier alpha value is -2.46. The zero-order chi connectivity index (χ0) is 19.2. The second kappa shape index (κ2) is 8.96. The smallest absolute Gasteiger partial charge is 0.161 e. The fourth-order valence-electron chi connectivity index (χ4n) is 2.81. The molecule has 3 rings (SSSR count). The van der Waals surface area contributed by atoms with Crippen molar-refractivity contribution >= 4 is 21.6 Å². The van der Waals surface area contributed by atoms with Gasteiger partial charge in [-0.3, -0.25) is 0 Å². The SMILES string of the molecule is COc1cc(CNc2ccc(Br)cc2C)ccc1OCc1ccc(C)cc1. The van der Waals surface area contributed by atoms with Crippen molar-refractivity contribution < 1.29 is 9.47 Å². The average Bonchev–Trinajstić information content (AvgIpc) is 2.67. The van der Waals surface area contributed by atoms with Gasteiger partial charge in [-0.25, -0.2) is 0 Å². The zero-order valence-electron chi connectivity index (χ0n) is 15.9. The fraction of sp³-hybridized carbons (Fsp3) is 0.217. The van der Waals surface area contributed by atoms with Gasteiger partial charge in [0.1, 0.15) is 6.61 Å². The summed E-state index contributed by atoms with van der Waals surface area (Å²) >= 11 is 3.50.